The number of amides is 1. The minimum Gasteiger partial charge on any atom is -0.353 e. The molecule has 13 heavy (non-hydrogen) atoms. The van der Waals surface area contributed by atoms with Gasteiger partial charge in [-0.2, -0.15) is 0 Å². The van der Waals surface area contributed by atoms with E-state index in [0.717, 1.165) is 13.0 Å². The second kappa shape index (κ2) is 5.97. The topological polar surface area (TPSA) is 32.3 Å². The average molecular weight is 186 g/mol. The number of hydrogen-bond acceptors (Lipinski definition) is 2. The van der Waals surface area contributed by atoms with E-state index >= 15 is 0 Å². The van der Waals surface area contributed by atoms with E-state index in [-0.39, 0.29) is 17.9 Å². The van der Waals surface area contributed by atoms with Gasteiger partial charge in [-0.15, -0.1) is 0 Å². The smallest absolute Gasteiger partial charge is 0.222 e. The molecule has 0 fully saturated rings. The fraction of sp³-hybridized carbons (Fsp3) is 0.900. The number of carbonyl (C=O) groups is 1. The number of hydrogen-bond donors (Lipinski definition) is 1. The zero-order valence-electron chi connectivity index (χ0n) is 9.42. The maximum atomic E-state index is 11.3. The van der Waals surface area contributed by atoms with Gasteiger partial charge >= 0.3 is 0 Å². The van der Waals surface area contributed by atoms with Crippen LogP contribution in [0.1, 0.15) is 27.2 Å². The highest BCUT2D eigenvalue weighted by molar-refractivity contribution is 5.78. The molecule has 3 nitrogen and oxygen atoms in total. The fourth-order valence-corrected chi connectivity index (χ4v) is 0.934. The van der Waals surface area contributed by atoms with Crippen LogP contribution in [-0.4, -0.2) is 37.5 Å². The molecule has 0 heterocycles. The first kappa shape index (κ1) is 12.4. The molecule has 0 aromatic carbocycles. The Labute approximate surface area is 81.5 Å². The molecular formula is C10H22N2O. The predicted octanol–water partition coefficient (Wildman–Crippen LogP) is 1.10. The van der Waals surface area contributed by atoms with E-state index in [1.807, 2.05) is 34.9 Å². The van der Waals surface area contributed by atoms with Crippen LogP contribution in [0.15, 0.2) is 0 Å². The summed E-state index contributed by atoms with van der Waals surface area (Å²) < 4.78 is 0. The number of carbonyl (C=O) groups excluding carboxylic acids is 1. The van der Waals surface area contributed by atoms with Gasteiger partial charge in [-0.25, -0.2) is 0 Å². The van der Waals surface area contributed by atoms with Crippen LogP contribution in [-0.2, 0) is 4.79 Å². The van der Waals surface area contributed by atoms with Crippen molar-refractivity contribution in [3.05, 3.63) is 0 Å². The molecule has 1 amide bonds. The molecule has 0 spiro atoms. The summed E-state index contributed by atoms with van der Waals surface area (Å²) in [5.74, 6) is 0.230. The van der Waals surface area contributed by atoms with Gasteiger partial charge < -0.3 is 10.2 Å². The van der Waals surface area contributed by atoms with Crippen LogP contribution in [0.4, 0.5) is 0 Å². The summed E-state index contributed by atoms with van der Waals surface area (Å²) in [6, 6.07) is 0.275. The van der Waals surface area contributed by atoms with Gasteiger partial charge in [0.15, 0.2) is 0 Å². The lowest BCUT2D eigenvalue weighted by molar-refractivity contribution is -0.124. The molecule has 0 bridgehead atoms. The first-order chi connectivity index (χ1) is 5.93. The molecule has 0 saturated carbocycles. The summed E-state index contributed by atoms with van der Waals surface area (Å²) in [4.78, 5) is 13.4. The van der Waals surface area contributed by atoms with E-state index in [4.69, 9.17) is 0 Å². The normalized spacial score (nSPS) is 13.5. The molecule has 0 aromatic heterocycles. The summed E-state index contributed by atoms with van der Waals surface area (Å²) in [6.07, 6.45) is 1.01. The minimum absolute atomic E-state index is 0.0850. The largest absolute Gasteiger partial charge is 0.353 e. The van der Waals surface area contributed by atoms with Gasteiger partial charge in [0.1, 0.15) is 0 Å². The maximum Gasteiger partial charge on any atom is 0.222 e. The molecule has 1 atom stereocenters. The summed E-state index contributed by atoms with van der Waals surface area (Å²) >= 11 is 0. The van der Waals surface area contributed by atoms with Crippen molar-refractivity contribution in [2.75, 3.05) is 20.6 Å². The molecule has 1 unspecified atom stereocenters. The molecular weight excluding hydrogens is 164 g/mol. The number of nitrogens with one attached hydrogen (secondary N) is 1. The lowest BCUT2D eigenvalue weighted by atomic mass is 10.1. The highest BCUT2D eigenvalue weighted by Gasteiger charge is 2.10. The van der Waals surface area contributed by atoms with Crippen molar-refractivity contribution in [2.45, 2.75) is 33.2 Å². The molecule has 0 aliphatic rings. The molecule has 78 valence electrons. The maximum absolute atomic E-state index is 11.3. The monoisotopic (exact) mass is 186 g/mol. The molecule has 0 aromatic rings. The lowest BCUT2D eigenvalue weighted by Gasteiger charge is -2.17. The second-order valence-corrected chi connectivity index (χ2v) is 4.16. The Morgan fingerprint density at radius 1 is 1.31 bits per heavy atom. The molecule has 0 saturated heterocycles. The number of rotatable bonds is 5. The van der Waals surface area contributed by atoms with Crippen LogP contribution < -0.4 is 5.32 Å². The zero-order valence-corrected chi connectivity index (χ0v) is 9.42. The fourth-order valence-electron chi connectivity index (χ4n) is 0.934. The van der Waals surface area contributed by atoms with Gasteiger partial charge in [0.2, 0.25) is 5.91 Å². The van der Waals surface area contributed by atoms with Gasteiger partial charge in [-0.3, -0.25) is 4.79 Å². The molecule has 0 aliphatic heterocycles. The van der Waals surface area contributed by atoms with Crippen molar-refractivity contribution >= 4 is 5.91 Å². The van der Waals surface area contributed by atoms with Crippen LogP contribution in [0, 0.1) is 5.92 Å². The highest BCUT2D eigenvalue weighted by Crippen LogP contribution is 1.96. The molecule has 0 rings (SSSR count). The Morgan fingerprint density at radius 3 is 2.23 bits per heavy atom. The predicted molar refractivity (Wildman–Crippen MR) is 55.6 cm³/mol. The standard InChI is InChI=1S/C10H22N2O/c1-8(2)10(13)11-9(3)6-7-12(4)5/h8-9H,6-7H2,1-5H3,(H,11,13). The van der Waals surface area contributed by atoms with E-state index in [9.17, 15) is 4.79 Å². The first-order valence-electron chi connectivity index (χ1n) is 4.88. The molecule has 1 N–H and O–H groups in total. The third-order valence-electron chi connectivity index (χ3n) is 1.92. The molecule has 0 radical (unpaired) electrons. The Morgan fingerprint density at radius 2 is 1.85 bits per heavy atom. The SMILES string of the molecule is CC(CCN(C)C)NC(=O)C(C)C. The second-order valence-electron chi connectivity index (χ2n) is 4.16. The van der Waals surface area contributed by atoms with E-state index in [0.29, 0.717) is 0 Å². The zero-order chi connectivity index (χ0) is 10.4. The van der Waals surface area contributed by atoms with E-state index in [2.05, 4.69) is 10.2 Å². The molecule has 0 aliphatic carbocycles. The van der Waals surface area contributed by atoms with Gasteiger partial charge in [-0.05, 0) is 34.0 Å². The van der Waals surface area contributed by atoms with Crippen LogP contribution in [0.3, 0.4) is 0 Å². The number of nitrogens with zero attached hydrogens (tertiary/aromatic N) is 1. The summed E-state index contributed by atoms with van der Waals surface area (Å²) in [6.45, 7) is 6.88. The van der Waals surface area contributed by atoms with Crippen molar-refractivity contribution in [3.63, 3.8) is 0 Å². The highest BCUT2D eigenvalue weighted by atomic mass is 16.1. The lowest BCUT2D eigenvalue weighted by Crippen LogP contribution is -2.37. The van der Waals surface area contributed by atoms with Crippen LogP contribution in [0.2, 0.25) is 0 Å². The average Bonchev–Trinajstić information content (AvgIpc) is 2.00. The van der Waals surface area contributed by atoms with Gasteiger partial charge in [-0.1, -0.05) is 13.8 Å². The van der Waals surface area contributed by atoms with Crippen molar-refractivity contribution in [1.82, 2.24) is 10.2 Å². The minimum atomic E-state index is 0.0850. The Hall–Kier alpha value is -0.570. The van der Waals surface area contributed by atoms with Crippen molar-refractivity contribution in [2.24, 2.45) is 5.92 Å². The van der Waals surface area contributed by atoms with Crippen molar-refractivity contribution < 1.29 is 4.79 Å². The summed E-state index contributed by atoms with van der Waals surface area (Å²) in [5, 5.41) is 2.97. The van der Waals surface area contributed by atoms with Gasteiger partial charge in [0.05, 0.1) is 0 Å². The van der Waals surface area contributed by atoms with Gasteiger partial charge in [0, 0.05) is 12.0 Å². The summed E-state index contributed by atoms with van der Waals surface area (Å²) in [5.41, 5.74) is 0. The third kappa shape index (κ3) is 6.58. The quantitative estimate of drug-likeness (QED) is 0.697. The van der Waals surface area contributed by atoms with Gasteiger partial charge in [0.25, 0.3) is 0 Å². The van der Waals surface area contributed by atoms with Crippen molar-refractivity contribution in [3.8, 4) is 0 Å². The first-order valence-corrected chi connectivity index (χ1v) is 4.88. The Balaban J connectivity index is 3.62. The van der Waals surface area contributed by atoms with E-state index in [1.54, 1.807) is 0 Å². The third-order valence-corrected chi connectivity index (χ3v) is 1.92. The summed E-state index contributed by atoms with van der Waals surface area (Å²) in [7, 11) is 4.08. The Kier molecular flexibility index (Phi) is 5.71. The van der Waals surface area contributed by atoms with Crippen LogP contribution in [0.5, 0.6) is 0 Å². The molecule has 3 heteroatoms. The van der Waals surface area contributed by atoms with E-state index in [1.165, 1.54) is 0 Å². The van der Waals surface area contributed by atoms with Crippen LogP contribution >= 0.6 is 0 Å². The van der Waals surface area contributed by atoms with E-state index < -0.39 is 0 Å². The van der Waals surface area contributed by atoms with Crippen molar-refractivity contribution in [1.29, 1.82) is 0 Å². The Bertz CT molecular complexity index is 155. The van der Waals surface area contributed by atoms with Crippen LogP contribution in [0.25, 0.3) is 0 Å².